The Balaban J connectivity index is 1.32. The van der Waals surface area contributed by atoms with Gasteiger partial charge in [0.05, 0.1) is 31.2 Å². The second kappa shape index (κ2) is 9.22. The van der Waals surface area contributed by atoms with Crippen molar-refractivity contribution in [3.8, 4) is 5.75 Å². The molecule has 5 rings (SSSR count). The van der Waals surface area contributed by atoms with Crippen molar-refractivity contribution in [1.82, 2.24) is 4.90 Å². The highest BCUT2D eigenvalue weighted by molar-refractivity contribution is 8.00. The van der Waals surface area contributed by atoms with Crippen LogP contribution in [0.15, 0.2) is 71.6 Å². The minimum absolute atomic E-state index is 0.0429. The maximum atomic E-state index is 13.2. The van der Waals surface area contributed by atoms with Crippen molar-refractivity contribution in [2.75, 3.05) is 43.5 Å². The molecule has 2 aliphatic heterocycles. The Morgan fingerprint density at radius 1 is 0.938 bits per heavy atom. The molecule has 0 radical (unpaired) electrons. The molecule has 0 N–H and O–H groups in total. The van der Waals surface area contributed by atoms with Crippen LogP contribution in [-0.2, 0) is 14.3 Å². The molecule has 3 aromatic carbocycles. The maximum Gasteiger partial charge on any atom is 0.265 e. The standard InChI is InChI=1S/C25H24N2O4S/c28-24(17-32-20-10-9-18-5-1-2-6-19(18)15-20)27-16-23(25(29)26-11-13-30-14-12-26)31-22-8-4-3-7-21(22)27/h1-10,15,23H,11-14,16-17H2/t23-/m0/s1. The van der Waals surface area contributed by atoms with E-state index in [0.717, 1.165) is 10.3 Å². The number of hydrogen-bond acceptors (Lipinski definition) is 5. The van der Waals surface area contributed by atoms with E-state index in [2.05, 4.69) is 24.3 Å². The van der Waals surface area contributed by atoms with Crippen LogP contribution < -0.4 is 9.64 Å². The summed E-state index contributed by atoms with van der Waals surface area (Å²) in [6, 6.07) is 21.8. The van der Waals surface area contributed by atoms with Crippen LogP contribution in [0.4, 0.5) is 5.69 Å². The molecule has 164 valence electrons. The molecule has 0 bridgehead atoms. The number of anilines is 1. The number of fused-ring (bicyclic) bond motifs is 2. The first-order valence-corrected chi connectivity index (χ1v) is 11.7. The molecule has 0 spiro atoms. The van der Waals surface area contributed by atoms with Gasteiger partial charge in [0.1, 0.15) is 5.75 Å². The number of nitrogens with zero attached hydrogens (tertiary/aromatic N) is 2. The van der Waals surface area contributed by atoms with Crippen LogP contribution in [-0.4, -0.2) is 61.4 Å². The summed E-state index contributed by atoms with van der Waals surface area (Å²) < 4.78 is 11.4. The number of amides is 2. The molecule has 0 unspecified atom stereocenters. The number of ether oxygens (including phenoxy) is 2. The molecular formula is C25H24N2O4S. The predicted octanol–water partition coefficient (Wildman–Crippen LogP) is 3.58. The molecule has 2 aliphatic rings. The van der Waals surface area contributed by atoms with Gasteiger partial charge in [0.25, 0.3) is 5.91 Å². The average molecular weight is 449 g/mol. The lowest BCUT2D eigenvalue weighted by atomic mass is 10.1. The largest absolute Gasteiger partial charge is 0.476 e. The molecule has 0 saturated carbocycles. The monoisotopic (exact) mass is 448 g/mol. The van der Waals surface area contributed by atoms with Gasteiger partial charge in [0, 0.05) is 18.0 Å². The summed E-state index contributed by atoms with van der Waals surface area (Å²) in [7, 11) is 0. The Morgan fingerprint density at radius 3 is 2.53 bits per heavy atom. The van der Waals surface area contributed by atoms with E-state index in [-0.39, 0.29) is 24.1 Å². The zero-order valence-electron chi connectivity index (χ0n) is 17.6. The molecule has 6 nitrogen and oxygen atoms in total. The van der Waals surface area contributed by atoms with Gasteiger partial charge in [-0.1, -0.05) is 42.5 Å². The van der Waals surface area contributed by atoms with E-state index in [1.807, 2.05) is 42.5 Å². The fraction of sp³-hybridized carbons (Fsp3) is 0.280. The number of rotatable bonds is 4. The smallest absolute Gasteiger partial charge is 0.265 e. The lowest BCUT2D eigenvalue weighted by Gasteiger charge is -2.37. The van der Waals surface area contributed by atoms with E-state index in [4.69, 9.17) is 9.47 Å². The first-order chi connectivity index (χ1) is 15.7. The quantitative estimate of drug-likeness (QED) is 0.571. The normalized spacial score (nSPS) is 18.2. The van der Waals surface area contributed by atoms with Gasteiger partial charge >= 0.3 is 0 Å². The molecular weight excluding hydrogens is 424 g/mol. The van der Waals surface area contributed by atoms with Crippen molar-refractivity contribution in [1.29, 1.82) is 0 Å². The van der Waals surface area contributed by atoms with Gasteiger partial charge in [-0.05, 0) is 35.0 Å². The zero-order valence-corrected chi connectivity index (χ0v) is 18.4. The summed E-state index contributed by atoms with van der Waals surface area (Å²) in [5.41, 5.74) is 0.711. The first-order valence-electron chi connectivity index (χ1n) is 10.7. The first kappa shape index (κ1) is 20.8. The van der Waals surface area contributed by atoms with Crippen molar-refractivity contribution in [2.45, 2.75) is 11.0 Å². The van der Waals surface area contributed by atoms with Crippen LogP contribution in [0.3, 0.4) is 0 Å². The summed E-state index contributed by atoms with van der Waals surface area (Å²) in [5.74, 6) is 0.710. The Hall–Kier alpha value is -3.03. The molecule has 2 heterocycles. The van der Waals surface area contributed by atoms with Crippen LogP contribution in [0.5, 0.6) is 5.75 Å². The van der Waals surface area contributed by atoms with Crippen LogP contribution in [0.25, 0.3) is 10.8 Å². The minimum atomic E-state index is -0.711. The van der Waals surface area contributed by atoms with Gasteiger partial charge < -0.3 is 19.3 Å². The van der Waals surface area contributed by atoms with Crippen molar-refractivity contribution in [2.24, 2.45) is 0 Å². The van der Waals surface area contributed by atoms with Crippen LogP contribution in [0, 0.1) is 0 Å². The Bertz CT molecular complexity index is 1150. The number of carbonyl (C=O) groups is 2. The highest BCUT2D eigenvalue weighted by atomic mass is 32.2. The highest BCUT2D eigenvalue weighted by Gasteiger charge is 2.36. The van der Waals surface area contributed by atoms with E-state index in [1.54, 1.807) is 9.80 Å². The van der Waals surface area contributed by atoms with Gasteiger partial charge in [-0.25, -0.2) is 0 Å². The third kappa shape index (κ3) is 4.31. The predicted molar refractivity (Wildman–Crippen MR) is 125 cm³/mol. The molecule has 1 fully saturated rings. The molecule has 1 atom stereocenters. The van der Waals surface area contributed by atoms with Gasteiger partial charge in [-0.15, -0.1) is 11.8 Å². The van der Waals surface area contributed by atoms with Crippen molar-refractivity contribution in [3.05, 3.63) is 66.7 Å². The summed E-state index contributed by atoms with van der Waals surface area (Å²) >= 11 is 1.51. The van der Waals surface area contributed by atoms with Crippen molar-refractivity contribution >= 4 is 40.0 Å². The average Bonchev–Trinajstić information content (AvgIpc) is 2.86. The lowest BCUT2D eigenvalue weighted by molar-refractivity contribution is -0.142. The molecule has 1 saturated heterocycles. The van der Waals surface area contributed by atoms with E-state index in [0.29, 0.717) is 37.7 Å². The fourth-order valence-electron chi connectivity index (χ4n) is 4.07. The molecule has 0 aromatic heterocycles. The molecule has 32 heavy (non-hydrogen) atoms. The number of thioether (sulfide) groups is 1. The molecule has 3 aromatic rings. The van der Waals surface area contributed by atoms with Crippen LogP contribution >= 0.6 is 11.8 Å². The Kier molecular flexibility index (Phi) is 6.01. The van der Waals surface area contributed by atoms with Gasteiger partial charge in [0.15, 0.2) is 6.10 Å². The fourth-order valence-corrected chi connectivity index (χ4v) is 4.89. The molecule has 7 heteroatoms. The van der Waals surface area contributed by atoms with Gasteiger partial charge in [0.2, 0.25) is 5.91 Å². The molecule has 0 aliphatic carbocycles. The van der Waals surface area contributed by atoms with Gasteiger partial charge in [-0.3, -0.25) is 9.59 Å². The molecule has 2 amide bonds. The lowest BCUT2D eigenvalue weighted by Crippen LogP contribution is -2.54. The third-order valence-corrected chi connectivity index (χ3v) is 6.73. The summed E-state index contributed by atoms with van der Waals surface area (Å²) in [5, 5.41) is 2.33. The number of carbonyl (C=O) groups excluding carboxylic acids is 2. The van der Waals surface area contributed by atoms with E-state index < -0.39 is 6.10 Å². The zero-order chi connectivity index (χ0) is 21.9. The topological polar surface area (TPSA) is 59.1 Å². The maximum absolute atomic E-state index is 13.2. The summed E-state index contributed by atoms with van der Waals surface area (Å²) in [4.78, 5) is 30.8. The third-order valence-electron chi connectivity index (χ3n) is 5.76. The number of benzene rings is 3. The number of morpholine rings is 1. The van der Waals surface area contributed by atoms with E-state index in [9.17, 15) is 9.59 Å². The van der Waals surface area contributed by atoms with Gasteiger partial charge in [-0.2, -0.15) is 0 Å². The SMILES string of the molecule is O=C([C@@H]1CN(C(=O)CSc2ccc3ccccc3c2)c2ccccc2O1)N1CCOCC1. The highest BCUT2D eigenvalue weighted by Crippen LogP contribution is 2.34. The van der Waals surface area contributed by atoms with Crippen LogP contribution in [0.1, 0.15) is 0 Å². The summed E-state index contributed by atoms with van der Waals surface area (Å²) in [6.45, 7) is 2.36. The van der Waals surface area contributed by atoms with Crippen LogP contribution in [0.2, 0.25) is 0 Å². The number of para-hydroxylation sites is 2. The van der Waals surface area contributed by atoms with Crippen molar-refractivity contribution < 1.29 is 19.1 Å². The minimum Gasteiger partial charge on any atom is -0.476 e. The second-order valence-electron chi connectivity index (χ2n) is 7.81. The second-order valence-corrected chi connectivity index (χ2v) is 8.86. The Morgan fingerprint density at radius 2 is 1.69 bits per heavy atom. The van der Waals surface area contributed by atoms with E-state index in [1.165, 1.54) is 17.1 Å². The van der Waals surface area contributed by atoms with Crippen molar-refractivity contribution in [3.63, 3.8) is 0 Å². The number of hydrogen-bond donors (Lipinski definition) is 0. The van der Waals surface area contributed by atoms with E-state index >= 15 is 0 Å². The Labute approximate surface area is 191 Å². The summed E-state index contributed by atoms with van der Waals surface area (Å²) in [6.07, 6.45) is -0.711.